The molecule has 0 radical (unpaired) electrons. The van der Waals surface area contributed by atoms with Crippen LogP contribution in [0.2, 0.25) is 5.02 Å². The molecule has 158 valence electrons. The number of pyridine rings is 1. The van der Waals surface area contributed by atoms with Crippen LogP contribution in [0.15, 0.2) is 91.1 Å². The molecule has 0 saturated carbocycles. The summed E-state index contributed by atoms with van der Waals surface area (Å²) in [7, 11) is 0. The molecule has 1 heterocycles. The van der Waals surface area contributed by atoms with Crippen LogP contribution in [-0.4, -0.2) is 16.8 Å². The zero-order chi connectivity index (χ0) is 22.5. The zero-order valence-electron chi connectivity index (χ0n) is 16.9. The molecule has 0 aliphatic carbocycles. The Morgan fingerprint density at radius 2 is 1.34 bits per heavy atom. The normalized spacial score (nSPS) is 10.4. The third-order valence-corrected chi connectivity index (χ3v) is 5.09. The van der Waals surface area contributed by atoms with Crippen molar-refractivity contribution in [3.63, 3.8) is 0 Å². The van der Waals surface area contributed by atoms with E-state index in [-0.39, 0.29) is 11.8 Å². The number of hydrogen-bond donors (Lipinski definition) is 3. The molecule has 4 rings (SSSR count). The van der Waals surface area contributed by atoms with Crippen LogP contribution in [0.1, 0.15) is 20.7 Å². The third-order valence-electron chi connectivity index (χ3n) is 4.76. The van der Waals surface area contributed by atoms with E-state index in [9.17, 15) is 9.59 Å². The Bertz CT molecular complexity index is 1260. The standard InChI is InChI=1S/C25H19ClN4O2/c26-22-12-10-19(14-21(22)16-4-2-1-3-5-16)29-24(31)17-6-8-18(9-7-17)25(32)30-20-11-13-23(27)28-15-20/h1-15H,(H2,27,28)(H,29,31)(H,30,32). The van der Waals surface area contributed by atoms with Crippen molar-refractivity contribution in [2.24, 2.45) is 0 Å². The quantitative estimate of drug-likeness (QED) is 0.380. The highest BCUT2D eigenvalue weighted by molar-refractivity contribution is 6.33. The number of nitrogens with one attached hydrogen (secondary N) is 2. The van der Waals surface area contributed by atoms with E-state index in [1.807, 2.05) is 36.4 Å². The van der Waals surface area contributed by atoms with Crippen LogP contribution in [0.4, 0.5) is 17.2 Å². The lowest BCUT2D eigenvalue weighted by atomic mass is 10.0. The summed E-state index contributed by atoms with van der Waals surface area (Å²) in [6.07, 6.45) is 1.48. The molecule has 7 heteroatoms. The molecule has 0 atom stereocenters. The number of carbonyl (C=O) groups is 2. The Hall–Kier alpha value is -4.16. The highest BCUT2D eigenvalue weighted by atomic mass is 35.5. The molecule has 0 bridgehead atoms. The predicted octanol–water partition coefficient (Wildman–Crippen LogP) is 5.49. The second-order valence-electron chi connectivity index (χ2n) is 7.02. The van der Waals surface area contributed by atoms with Gasteiger partial charge in [0.1, 0.15) is 5.82 Å². The molecule has 2 amide bonds. The van der Waals surface area contributed by atoms with E-state index in [0.29, 0.717) is 33.3 Å². The summed E-state index contributed by atoms with van der Waals surface area (Å²) in [6.45, 7) is 0. The highest BCUT2D eigenvalue weighted by Crippen LogP contribution is 2.30. The number of anilines is 3. The first kappa shape index (κ1) is 21.1. The van der Waals surface area contributed by atoms with Crippen molar-refractivity contribution >= 4 is 40.6 Å². The first-order chi connectivity index (χ1) is 15.5. The SMILES string of the molecule is Nc1ccc(NC(=O)c2ccc(C(=O)Nc3ccc(Cl)c(-c4ccccc4)c3)cc2)cn1. The monoisotopic (exact) mass is 442 g/mol. The maximum Gasteiger partial charge on any atom is 0.255 e. The number of halogens is 1. The van der Waals surface area contributed by atoms with Crippen LogP contribution in [0.25, 0.3) is 11.1 Å². The minimum Gasteiger partial charge on any atom is -0.384 e. The molecule has 4 aromatic rings. The van der Waals surface area contributed by atoms with Crippen molar-refractivity contribution < 1.29 is 9.59 Å². The summed E-state index contributed by atoms with van der Waals surface area (Å²) in [5.74, 6) is -0.232. The van der Waals surface area contributed by atoms with Crippen LogP contribution in [-0.2, 0) is 0 Å². The largest absolute Gasteiger partial charge is 0.384 e. The number of rotatable bonds is 5. The second-order valence-corrected chi connectivity index (χ2v) is 7.43. The van der Waals surface area contributed by atoms with Crippen molar-refractivity contribution in [2.75, 3.05) is 16.4 Å². The molecule has 0 saturated heterocycles. The summed E-state index contributed by atoms with van der Waals surface area (Å²) in [5.41, 5.74) is 9.32. The van der Waals surface area contributed by atoms with E-state index < -0.39 is 0 Å². The third kappa shape index (κ3) is 4.94. The van der Waals surface area contributed by atoms with Gasteiger partial charge in [-0.1, -0.05) is 41.9 Å². The van der Waals surface area contributed by atoms with Gasteiger partial charge < -0.3 is 16.4 Å². The number of amides is 2. The Kier molecular flexibility index (Phi) is 6.14. The number of aromatic nitrogens is 1. The number of nitrogens with zero attached hydrogens (tertiary/aromatic N) is 1. The fourth-order valence-electron chi connectivity index (χ4n) is 3.10. The van der Waals surface area contributed by atoms with E-state index in [1.165, 1.54) is 6.20 Å². The Labute approximate surface area is 190 Å². The van der Waals surface area contributed by atoms with Gasteiger partial charge in [-0.15, -0.1) is 0 Å². The zero-order valence-corrected chi connectivity index (χ0v) is 17.6. The lowest BCUT2D eigenvalue weighted by molar-refractivity contribution is 0.101. The van der Waals surface area contributed by atoms with Crippen molar-refractivity contribution in [1.82, 2.24) is 4.98 Å². The molecule has 0 fully saturated rings. The van der Waals surface area contributed by atoms with Gasteiger partial charge in [-0.05, 0) is 60.2 Å². The highest BCUT2D eigenvalue weighted by Gasteiger charge is 2.11. The maximum absolute atomic E-state index is 12.7. The first-order valence-electron chi connectivity index (χ1n) is 9.79. The van der Waals surface area contributed by atoms with Gasteiger partial charge in [0.2, 0.25) is 0 Å². The molecular formula is C25H19ClN4O2. The van der Waals surface area contributed by atoms with Gasteiger partial charge in [-0.2, -0.15) is 0 Å². The molecule has 0 aliphatic heterocycles. The van der Waals surface area contributed by atoms with E-state index >= 15 is 0 Å². The van der Waals surface area contributed by atoms with Crippen molar-refractivity contribution in [2.45, 2.75) is 0 Å². The lowest BCUT2D eigenvalue weighted by Crippen LogP contribution is -2.14. The smallest absolute Gasteiger partial charge is 0.255 e. The van der Waals surface area contributed by atoms with Gasteiger partial charge >= 0.3 is 0 Å². The second kappa shape index (κ2) is 9.32. The van der Waals surface area contributed by atoms with E-state index in [2.05, 4.69) is 15.6 Å². The van der Waals surface area contributed by atoms with Gasteiger partial charge in [-0.25, -0.2) is 4.98 Å². The van der Waals surface area contributed by atoms with Crippen LogP contribution in [0.5, 0.6) is 0 Å². The predicted molar refractivity (Wildman–Crippen MR) is 128 cm³/mol. The molecule has 32 heavy (non-hydrogen) atoms. The first-order valence-corrected chi connectivity index (χ1v) is 10.2. The van der Waals surface area contributed by atoms with Gasteiger partial charge in [0, 0.05) is 27.4 Å². The van der Waals surface area contributed by atoms with Gasteiger partial charge in [0.05, 0.1) is 11.9 Å². The number of hydrogen-bond acceptors (Lipinski definition) is 4. The Balaban J connectivity index is 1.45. The number of nitrogens with two attached hydrogens (primary N) is 1. The summed E-state index contributed by atoms with van der Waals surface area (Å²) < 4.78 is 0. The van der Waals surface area contributed by atoms with Gasteiger partial charge in [0.25, 0.3) is 11.8 Å². The number of benzene rings is 3. The van der Waals surface area contributed by atoms with E-state index in [0.717, 1.165) is 11.1 Å². The molecule has 4 N–H and O–H groups in total. The summed E-state index contributed by atoms with van der Waals surface area (Å²) in [6, 6.07) is 24.7. The van der Waals surface area contributed by atoms with Crippen molar-refractivity contribution in [3.05, 3.63) is 107 Å². The molecule has 0 unspecified atom stereocenters. The fourth-order valence-corrected chi connectivity index (χ4v) is 3.33. The van der Waals surface area contributed by atoms with E-state index in [4.69, 9.17) is 17.3 Å². The average Bonchev–Trinajstić information content (AvgIpc) is 2.82. The summed E-state index contributed by atoms with van der Waals surface area (Å²) in [4.78, 5) is 29.0. The minimum absolute atomic E-state index is 0.291. The van der Waals surface area contributed by atoms with Crippen molar-refractivity contribution in [3.8, 4) is 11.1 Å². The van der Waals surface area contributed by atoms with Crippen LogP contribution >= 0.6 is 11.6 Å². The van der Waals surface area contributed by atoms with E-state index in [1.54, 1.807) is 48.5 Å². The number of nitrogen functional groups attached to an aromatic ring is 1. The number of carbonyl (C=O) groups excluding carboxylic acids is 2. The molecule has 0 aliphatic rings. The summed E-state index contributed by atoms with van der Waals surface area (Å²) in [5, 5.41) is 6.20. The molecule has 0 spiro atoms. The lowest BCUT2D eigenvalue weighted by Gasteiger charge is -2.10. The Morgan fingerprint density at radius 1 is 0.750 bits per heavy atom. The van der Waals surface area contributed by atoms with Crippen molar-refractivity contribution in [1.29, 1.82) is 0 Å². The fraction of sp³-hybridized carbons (Fsp3) is 0. The topological polar surface area (TPSA) is 97.1 Å². The van der Waals surface area contributed by atoms with Crippen LogP contribution in [0, 0.1) is 0 Å². The molecular weight excluding hydrogens is 424 g/mol. The van der Waals surface area contributed by atoms with Gasteiger partial charge in [0.15, 0.2) is 0 Å². The minimum atomic E-state index is -0.311. The Morgan fingerprint density at radius 3 is 1.94 bits per heavy atom. The van der Waals surface area contributed by atoms with Crippen LogP contribution in [0.3, 0.4) is 0 Å². The average molecular weight is 443 g/mol. The van der Waals surface area contributed by atoms with Gasteiger partial charge in [-0.3, -0.25) is 9.59 Å². The maximum atomic E-state index is 12.7. The van der Waals surface area contributed by atoms with Crippen LogP contribution < -0.4 is 16.4 Å². The summed E-state index contributed by atoms with van der Waals surface area (Å²) >= 11 is 6.34. The molecule has 6 nitrogen and oxygen atoms in total. The molecule has 3 aromatic carbocycles. The molecule has 1 aromatic heterocycles.